The van der Waals surface area contributed by atoms with E-state index in [0.717, 1.165) is 5.69 Å². The van der Waals surface area contributed by atoms with E-state index in [4.69, 9.17) is 23.2 Å². The van der Waals surface area contributed by atoms with Crippen molar-refractivity contribution in [1.29, 1.82) is 0 Å². The van der Waals surface area contributed by atoms with Crippen molar-refractivity contribution in [2.45, 2.75) is 39.2 Å². The van der Waals surface area contributed by atoms with Crippen molar-refractivity contribution >= 4 is 28.9 Å². The van der Waals surface area contributed by atoms with Crippen LogP contribution in [-0.4, -0.2) is 30.6 Å². The molecule has 0 saturated carbocycles. The van der Waals surface area contributed by atoms with Crippen LogP contribution in [0.1, 0.15) is 33.1 Å². The molecule has 1 heterocycles. The number of nitrogens with one attached hydrogen (secondary N) is 1. The van der Waals surface area contributed by atoms with Gasteiger partial charge in [0.15, 0.2) is 0 Å². The molecule has 0 radical (unpaired) electrons. The Hall–Kier alpha value is -0.440. The minimum Gasteiger partial charge on any atom is -0.381 e. The number of hydrogen-bond acceptors (Lipinski definition) is 2. The van der Waals surface area contributed by atoms with Crippen molar-refractivity contribution in [3.8, 4) is 0 Å². The summed E-state index contributed by atoms with van der Waals surface area (Å²) in [6, 6.07) is 6.07. The summed E-state index contributed by atoms with van der Waals surface area (Å²) in [6.07, 6.45) is 3.82. The number of anilines is 1. The van der Waals surface area contributed by atoms with Crippen LogP contribution in [0, 0.1) is 5.92 Å². The maximum absolute atomic E-state index is 6.23. The number of piperidine rings is 1. The highest BCUT2D eigenvalue weighted by Gasteiger charge is 2.24. The second kappa shape index (κ2) is 7.53. The van der Waals surface area contributed by atoms with Crippen LogP contribution >= 0.6 is 23.2 Å². The van der Waals surface area contributed by atoms with E-state index in [1.165, 1.54) is 38.9 Å². The van der Waals surface area contributed by atoms with E-state index in [-0.39, 0.29) is 0 Å². The number of benzene rings is 1. The Morgan fingerprint density at radius 1 is 1.40 bits per heavy atom. The molecule has 1 saturated heterocycles. The van der Waals surface area contributed by atoms with Crippen LogP contribution in [-0.2, 0) is 0 Å². The SMILES string of the molecule is CCCN1CCCC(C(C)Nc2ccc(Cl)cc2Cl)C1. The van der Waals surface area contributed by atoms with Crippen molar-refractivity contribution in [1.82, 2.24) is 4.90 Å². The Morgan fingerprint density at radius 3 is 2.90 bits per heavy atom. The van der Waals surface area contributed by atoms with Gasteiger partial charge in [0, 0.05) is 17.6 Å². The highest BCUT2D eigenvalue weighted by Crippen LogP contribution is 2.28. The van der Waals surface area contributed by atoms with Gasteiger partial charge in [0.05, 0.1) is 10.7 Å². The molecule has 2 atom stereocenters. The summed E-state index contributed by atoms with van der Waals surface area (Å²) < 4.78 is 0. The number of halogens is 2. The molecule has 0 spiro atoms. The molecule has 112 valence electrons. The first kappa shape index (κ1) is 15.9. The fourth-order valence-electron chi connectivity index (χ4n) is 2.99. The van der Waals surface area contributed by atoms with E-state index in [1.807, 2.05) is 12.1 Å². The minimum atomic E-state index is 0.424. The molecular weight excluding hydrogens is 291 g/mol. The van der Waals surface area contributed by atoms with Gasteiger partial charge >= 0.3 is 0 Å². The molecule has 2 rings (SSSR count). The zero-order chi connectivity index (χ0) is 14.5. The van der Waals surface area contributed by atoms with Crippen LogP contribution in [0.5, 0.6) is 0 Å². The molecule has 0 aromatic heterocycles. The minimum absolute atomic E-state index is 0.424. The fourth-order valence-corrected chi connectivity index (χ4v) is 3.45. The fraction of sp³-hybridized carbons (Fsp3) is 0.625. The van der Waals surface area contributed by atoms with Gasteiger partial charge in [-0.1, -0.05) is 30.1 Å². The van der Waals surface area contributed by atoms with Crippen LogP contribution in [0.2, 0.25) is 10.0 Å². The van der Waals surface area contributed by atoms with Crippen molar-refractivity contribution < 1.29 is 0 Å². The van der Waals surface area contributed by atoms with E-state index in [1.54, 1.807) is 6.07 Å². The molecule has 2 unspecified atom stereocenters. The second-order valence-corrected chi connectivity index (χ2v) is 6.60. The van der Waals surface area contributed by atoms with Crippen molar-refractivity contribution in [3.63, 3.8) is 0 Å². The molecule has 1 aliphatic rings. The zero-order valence-corrected chi connectivity index (χ0v) is 13.8. The summed E-state index contributed by atoms with van der Waals surface area (Å²) in [6.45, 7) is 8.15. The lowest BCUT2D eigenvalue weighted by atomic mass is 9.91. The van der Waals surface area contributed by atoms with Crippen molar-refractivity contribution in [2.75, 3.05) is 25.0 Å². The Kier molecular flexibility index (Phi) is 6.01. The van der Waals surface area contributed by atoms with E-state index >= 15 is 0 Å². The lowest BCUT2D eigenvalue weighted by Crippen LogP contribution is -2.42. The van der Waals surface area contributed by atoms with Crippen LogP contribution in [0.3, 0.4) is 0 Å². The van der Waals surface area contributed by atoms with Crippen molar-refractivity contribution in [2.24, 2.45) is 5.92 Å². The topological polar surface area (TPSA) is 15.3 Å². The maximum Gasteiger partial charge on any atom is 0.0652 e. The van der Waals surface area contributed by atoms with Crippen LogP contribution in [0.25, 0.3) is 0 Å². The summed E-state index contributed by atoms with van der Waals surface area (Å²) in [7, 11) is 0. The molecule has 1 fully saturated rings. The van der Waals surface area contributed by atoms with E-state index in [2.05, 4.69) is 24.1 Å². The molecule has 1 aromatic rings. The quantitative estimate of drug-likeness (QED) is 0.830. The van der Waals surface area contributed by atoms with E-state index in [0.29, 0.717) is 22.0 Å². The first-order chi connectivity index (χ1) is 9.60. The van der Waals surface area contributed by atoms with E-state index in [9.17, 15) is 0 Å². The molecular formula is C16H24Cl2N2. The Bertz CT molecular complexity index is 434. The lowest BCUT2D eigenvalue weighted by Gasteiger charge is -2.36. The molecule has 0 aliphatic carbocycles. The van der Waals surface area contributed by atoms with Gasteiger partial charge in [0.2, 0.25) is 0 Å². The highest BCUT2D eigenvalue weighted by atomic mass is 35.5. The molecule has 4 heteroatoms. The molecule has 20 heavy (non-hydrogen) atoms. The van der Waals surface area contributed by atoms with Gasteiger partial charge in [-0.15, -0.1) is 0 Å². The molecule has 1 aromatic carbocycles. The van der Waals surface area contributed by atoms with Gasteiger partial charge in [-0.25, -0.2) is 0 Å². The molecule has 2 nitrogen and oxygen atoms in total. The number of nitrogens with zero attached hydrogens (tertiary/aromatic N) is 1. The Morgan fingerprint density at radius 2 is 2.20 bits per heavy atom. The third kappa shape index (κ3) is 4.28. The first-order valence-electron chi connectivity index (χ1n) is 7.54. The van der Waals surface area contributed by atoms with Gasteiger partial charge in [-0.05, 0) is 63.4 Å². The second-order valence-electron chi connectivity index (χ2n) is 5.76. The third-order valence-electron chi connectivity index (χ3n) is 4.10. The standard InChI is InChI=1S/C16H24Cl2N2/c1-3-8-20-9-4-5-13(11-20)12(2)19-16-7-6-14(17)10-15(16)18/h6-7,10,12-13,19H,3-5,8-9,11H2,1-2H3. The maximum atomic E-state index is 6.23. The van der Waals surface area contributed by atoms with Gasteiger partial charge < -0.3 is 10.2 Å². The predicted octanol–water partition coefficient (Wildman–Crippen LogP) is 4.92. The zero-order valence-electron chi connectivity index (χ0n) is 12.3. The summed E-state index contributed by atoms with van der Waals surface area (Å²) in [5.74, 6) is 0.682. The smallest absolute Gasteiger partial charge is 0.0652 e. The van der Waals surface area contributed by atoms with Gasteiger partial charge in [-0.3, -0.25) is 0 Å². The molecule has 1 N–H and O–H groups in total. The summed E-state index contributed by atoms with van der Waals surface area (Å²) in [4.78, 5) is 2.58. The Balaban J connectivity index is 1.95. The number of likely N-dealkylation sites (tertiary alicyclic amines) is 1. The highest BCUT2D eigenvalue weighted by molar-refractivity contribution is 6.36. The Labute approximate surface area is 132 Å². The van der Waals surface area contributed by atoms with Gasteiger partial charge in [0.25, 0.3) is 0 Å². The summed E-state index contributed by atoms with van der Waals surface area (Å²) >= 11 is 12.2. The van der Waals surface area contributed by atoms with Crippen LogP contribution < -0.4 is 5.32 Å². The molecule has 0 bridgehead atoms. The predicted molar refractivity (Wildman–Crippen MR) is 89.0 cm³/mol. The first-order valence-corrected chi connectivity index (χ1v) is 8.29. The van der Waals surface area contributed by atoms with E-state index < -0.39 is 0 Å². The van der Waals surface area contributed by atoms with Crippen LogP contribution in [0.15, 0.2) is 18.2 Å². The lowest BCUT2D eigenvalue weighted by molar-refractivity contribution is 0.165. The largest absolute Gasteiger partial charge is 0.381 e. The normalized spacial score (nSPS) is 21.7. The summed E-state index contributed by atoms with van der Waals surface area (Å²) in [5.41, 5.74) is 0.983. The number of rotatable bonds is 5. The van der Waals surface area contributed by atoms with Gasteiger partial charge in [-0.2, -0.15) is 0 Å². The average molecular weight is 315 g/mol. The molecule has 1 aliphatic heterocycles. The summed E-state index contributed by atoms with van der Waals surface area (Å²) in [5, 5.41) is 4.93. The van der Waals surface area contributed by atoms with Crippen molar-refractivity contribution in [3.05, 3.63) is 28.2 Å². The van der Waals surface area contributed by atoms with Gasteiger partial charge in [0.1, 0.15) is 0 Å². The monoisotopic (exact) mass is 314 g/mol. The average Bonchev–Trinajstić information content (AvgIpc) is 2.42. The number of hydrogen-bond donors (Lipinski definition) is 1. The molecule has 0 amide bonds. The third-order valence-corrected chi connectivity index (χ3v) is 4.65. The van der Waals surface area contributed by atoms with Crippen LogP contribution in [0.4, 0.5) is 5.69 Å².